The first-order chi connectivity index (χ1) is 10.5. The van der Waals surface area contributed by atoms with Crippen LogP contribution in [0.15, 0.2) is 28.7 Å². The minimum atomic E-state index is 0.0628. The molecule has 1 aromatic heterocycles. The molecule has 4 nitrogen and oxygen atoms in total. The van der Waals surface area contributed by atoms with Gasteiger partial charge in [0.1, 0.15) is 5.82 Å². The number of hydrogen-bond donors (Lipinski definition) is 2. The first-order valence-corrected chi connectivity index (χ1v) is 8.05. The van der Waals surface area contributed by atoms with Crippen LogP contribution in [0.1, 0.15) is 6.92 Å². The summed E-state index contributed by atoms with van der Waals surface area (Å²) in [5, 5.41) is 10.9. The number of phenolic OH excluding ortho intramolecular Hbond substituents is 1. The summed E-state index contributed by atoms with van der Waals surface area (Å²) in [6, 6.07) is 6.93. The van der Waals surface area contributed by atoms with Crippen molar-refractivity contribution in [3.8, 4) is 22.9 Å². The van der Waals surface area contributed by atoms with Gasteiger partial charge in [-0.2, -0.15) is 0 Å². The third-order valence-corrected chi connectivity index (χ3v) is 4.45. The number of nitrogens with one attached hydrogen (secondary N) is 1. The molecule has 0 spiro atoms. The minimum Gasteiger partial charge on any atom is -0.503 e. The van der Waals surface area contributed by atoms with E-state index in [9.17, 15) is 5.11 Å². The highest BCUT2D eigenvalue weighted by atomic mass is 79.9. The van der Waals surface area contributed by atoms with Gasteiger partial charge in [0.25, 0.3) is 0 Å². The van der Waals surface area contributed by atoms with Crippen LogP contribution in [0.3, 0.4) is 0 Å². The Kier molecular flexibility index (Phi) is 4.21. The zero-order valence-electron chi connectivity index (χ0n) is 11.5. The van der Waals surface area contributed by atoms with Gasteiger partial charge in [-0.3, -0.25) is 0 Å². The number of benzene rings is 2. The Morgan fingerprint density at radius 2 is 1.95 bits per heavy atom. The van der Waals surface area contributed by atoms with Crippen molar-refractivity contribution in [1.29, 1.82) is 0 Å². The van der Waals surface area contributed by atoms with Crippen molar-refractivity contribution in [2.24, 2.45) is 0 Å². The van der Waals surface area contributed by atoms with Crippen molar-refractivity contribution in [2.75, 3.05) is 6.61 Å². The fourth-order valence-corrected chi connectivity index (χ4v) is 2.88. The van der Waals surface area contributed by atoms with E-state index in [0.717, 1.165) is 11.1 Å². The molecule has 3 aromatic rings. The third kappa shape index (κ3) is 2.76. The predicted molar refractivity (Wildman–Crippen MR) is 92.1 cm³/mol. The lowest BCUT2D eigenvalue weighted by molar-refractivity contribution is 0.317. The molecule has 0 bridgehead atoms. The maximum absolute atomic E-state index is 9.98. The highest BCUT2D eigenvalue weighted by molar-refractivity contribution is 9.10. The number of ether oxygens (including phenoxy) is 1. The van der Waals surface area contributed by atoms with Crippen molar-refractivity contribution in [1.82, 2.24) is 9.97 Å². The first-order valence-electron chi connectivity index (χ1n) is 6.50. The van der Waals surface area contributed by atoms with Crippen LogP contribution in [0.4, 0.5) is 0 Å². The lowest BCUT2D eigenvalue weighted by Crippen LogP contribution is -1.93. The molecular weight excluding hydrogens is 391 g/mol. The quantitative estimate of drug-likeness (QED) is 0.617. The molecule has 7 heteroatoms. The van der Waals surface area contributed by atoms with E-state index in [1.807, 2.05) is 6.92 Å². The molecule has 0 aliphatic rings. The highest BCUT2D eigenvalue weighted by Gasteiger charge is 2.14. The summed E-state index contributed by atoms with van der Waals surface area (Å²) in [6.45, 7) is 2.31. The smallest absolute Gasteiger partial charge is 0.172 e. The monoisotopic (exact) mass is 400 g/mol. The normalized spacial score (nSPS) is 11.1. The predicted octanol–water partition coefficient (Wildman–Crippen LogP) is 5.40. The molecule has 0 amide bonds. The van der Waals surface area contributed by atoms with Gasteiger partial charge in [-0.05, 0) is 47.1 Å². The number of imidazole rings is 1. The molecule has 0 aliphatic heterocycles. The Morgan fingerprint density at radius 3 is 2.68 bits per heavy atom. The molecule has 0 radical (unpaired) electrons. The summed E-state index contributed by atoms with van der Waals surface area (Å²) in [7, 11) is 0. The Hall–Kier alpha value is -1.43. The Balaban J connectivity index is 2.14. The van der Waals surface area contributed by atoms with Gasteiger partial charge in [0.2, 0.25) is 0 Å². The van der Waals surface area contributed by atoms with Gasteiger partial charge < -0.3 is 14.8 Å². The van der Waals surface area contributed by atoms with E-state index in [2.05, 4.69) is 25.9 Å². The fourth-order valence-electron chi connectivity index (χ4n) is 2.12. The van der Waals surface area contributed by atoms with E-state index in [4.69, 9.17) is 27.9 Å². The standard InChI is InChI=1S/C15H11BrCl2N2O2/c1-2-22-13-4-7(3-8(16)14(13)21)15-19-11-5-9(17)10(18)6-12(11)20-15/h3-6,21H,2H2,1H3,(H,19,20). The van der Waals surface area contributed by atoms with Gasteiger partial charge in [0, 0.05) is 5.56 Å². The summed E-state index contributed by atoms with van der Waals surface area (Å²) in [6.07, 6.45) is 0. The molecule has 2 N–H and O–H groups in total. The molecule has 2 aromatic carbocycles. The van der Waals surface area contributed by atoms with Gasteiger partial charge >= 0.3 is 0 Å². The molecule has 0 unspecified atom stereocenters. The minimum absolute atomic E-state index is 0.0628. The van der Waals surface area contributed by atoms with Crippen LogP contribution in [-0.2, 0) is 0 Å². The maximum atomic E-state index is 9.98. The molecule has 0 saturated carbocycles. The van der Waals surface area contributed by atoms with Crippen LogP contribution in [-0.4, -0.2) is 21.7 Å². The van der Waals surface area contributed by atoms with Crippen LogP contribution < -0.4 is 4.74 Å². The maximum Gasteiger partial charge on any atom is 0.172 e. The van der Waals surface area contributed by atoms with Crippen LogP contribution in [0, 0.1) is 0 Å². The number of hydrogen-bond acceptors (Lipinski definition) is 3. The highest BCUT2D eigenvalue weighted by Crippen LogP contribution is 2.38. The van der Waals surface area contributed by atoms with Crippen molar-refractivity contribution in [3.63, 3.8) is 0 Å². The Morgan fingerprint density at radius 1 is 1.23 bits per heavy atom. The molecule has 1 heterocycles. The van der Waals surface area contributed by atoms with Crippen LogP contribution in [0.2, 0.25) is 10.0 Å². The zero-order valence-corrected chi connectivity index (χ0v) is 14.6. The van der Waals surface area contributed by atoms with Gasteiger partial charge in [0.05, 0.1) is 32.2 Å². The SMILES string of the molecule is CCOc1cc(-c2nc3cc(Cl)c(Cl)cc3[nH]2)cc(Br)c1O. The van der Waals surface area contributed by atoms with Crippen molar-refractivity contribution < 1.29 is 9.84 Å². The molecule has 0 atom stereocenters. The van der Waals surface area contributed by atoms with E-state index in [0.29, 0.717) is 38.2 Å². The average molecular weight is 402 g/mol. The lowest BCUT2D eigenvalue weighted by Gasteiger charge is -2.09. The van der Waals surface area contributed by atoms with Gasteiger partial charge in [-0.25, -0.2) is 4.98 Å². The second-order valence-corrected chi connectivity index (χ2v) is 6.28. The summed E-state index contributed by atoms with van der Waals surface area (Å²) in [4.78, 5) is 7.68. The van der Waals surface area contributed by atoms with Crippen LogP contribution in [0.5, 0.6) is 11.5 Å². The number of aromatic nitrogens is 2. The number of fused-ring (bicyclic) bond motifs is 1. The van der Waals surface area contributed by atoms with Crippen molar-refractivity contribution in [3.05, 3.63) is 38.8 Å². The summed E-state index contributed by atoms with van der Waals surface area (Å²) in [5.41, 5.74) is 2.27. The number of halogens is 3. The van der Waals surface area contributed by atoms with Crippen LogP contribution in [0.25, 0.3) is 22.4 Å². The molecule has 0 fully saturated rings. The fraction of sp³-hybridized carbons (Fsp3) is 0.133. The number of phenols is 1. The van der Waals surface area contributed by atoms with Crippen LogP contribution >= 0.6 is 39.1 Å². The van der Waals surface area contributed by atoms with E-state index in [1.165, 1.54) is 0 Å². The van der Waals surface area contributed by atoms with Gasteiger partial charge in [0.15, 0.2) is 11.5 Å². The number of rotatable bonds is 3. The molecule has 3 rings (SSSR count). The molecule has 114 valence electrons. The van der Waals surface area contributed by atoms with E-state index >= 15 is 0 Å². The van der Waals surface area contributed by atoms with Gasteiger partial charge in [-0.15, -0.1) is 0 Å². The summed E-state index contributed by atoms with van der Waals surface area (Å²) in [5.74, 6) is 1.09. The Bertz CT molecular complexity index is 825. The molecule has 0 saturated heterocycles. The zero-order chi connectivity index (χ0) is 15.9. The average Bonchev–Trinajstić information content (AvgIpc) is 2.87. The summed E-state index contributed by atoms with van der Waals surface area (Å²) >= 11 is 15.3. The number of aromatic amines is 1. The van der Waals surface area contributed by atoms with E-state index in [-0.39, 0.29) is 5.75 Å². The molecule has 22 heavy (non-hydrogen) atoms. The Labute approximate surface area is 145 Å². The number of aromatic hydroxyl groups is 1. The number of H-pyrrole nitrogens is 1. The third-order valence-electron chi connectivity index (χ3n) is 3.13. The first kappa shape index (κ1) is 15.5. The second-order valence-electron chi connectivity index (χ2n) is 4.61. The lowest BCUT2D eigenvalue weighted by atomic mass is 10.2. The molecule has 0 aliphatic carbocycles. The topological polar surface area (TPSA) is 58.1 Å². The number of nitrogens with zero attached hydrogens (tertiary/aromatic N) is 1. The molecular formula is C15H11BrCl2N2O2. The van der Waals surface area contributed by atoms with E-state index < -0.39 is 0 Å². The van der Waals surface area contributed by atoms with Crippen molar-refractivity contribution in [2.45, 2.75) is 6.92 Å². The van der Waals surface area contributed by atoms with E-state index in [1.54, 1.807) is 24.3 Å². The van der Waals surface area contributed by atoms with Crippen molar-refractivity contribution >= 4 is 50.2 Å². The van der Waals surface area contributed by atoms with Gasteiger partial charge in [-0.1, -0.05) is 23.2 Å². The second kappa shape index (κ2) is 5.99. The largest absolute Gasteiger partial charge is 0.503 e. The summed E-state index contributed by atoms with van der Waals surface area (Å²) < 4.78 is 5.96.